The highest BCUT2D eigenvalue weighted by molar-refractivity contribution is 7.76. The third kappa shape index (κ3) is 4.80. The minimum Gasteiger partial charge on any atom is -0.378 e. The Labute approximate surface area is 200 Å². The van der Waals surface area contributed by atoms with Crippen LogP contribution in [0.15, 0.2) is 66.9 Å². The minimum atomic E-state index is -2.04. The van der Waals surface area contributed by atoms with Crippen LogP contribution in [0, 0.1) is 0 Å². The molecule has 4 aromatic rings. The maximum Gasteiger partial charge on any atom is 0.245 e. The van der Waals surface area contributed by atoms with E-state index in [1.807, 2.05) is 53.0 Å². The molecule has 2 aromatic carbocycles. The molecule has 0 radical (unpaired) electrons. The van der Waals surface area contributed by atoms with Crippen LogP contribution in [0.1, 0.15) is 5.56 Å². The molecular formula is C24H26N6O3S. The van der Waals surface area contributed by atoms with E-state index in [0.717, 1.165) is 54.3 Å². The summed E-state index contributed by atoms with van der Waals surface area (Å²) in [5.74, 6) is 0.482. The average molecular weight is 479 g/mol. The Hall–Kier alpha value is -3.31. The lowest BCUT2D eigenvalue weighted by atomic mass is 10.0. The van der Waals surface area contributed by atoms with E-state index in [2.05, 4.69) is 27.3 Å². The van der Waals surface area contributed by atoms with E-state index in [9.17, 15) is 8.76 Å². The number of nitrogens with one attached hydrogen (secondary N) is 1. The summed E-state index contributed by atoms with van der Waals surface area (Å²) in [6.45, 7) is 3.63. The summed E-state index contributed by atoms with van der Waals surface area (Å²) in [6.07, 6.45) is 1.78. The van der Waals surface area contributed by atoms with Crippen LogP contribution in [0.25, 0.3) is 16.8 Å². The van der Waals surface area contributed by atoms with Gasteiger partial charge >= 0.3 is 0 Å². The minimum absolute atomic E-state index is 0.332. The van der Waals surface area contributed by atoms with Gasteiger partial charge in [0.15, 0.2) is 0 Å². The maximum absolute atomic E-state index is 11.4. The molecule has 1 fully saturated rings. The normalized spacial score (nSPS) is 15.1. The number of nitrogens with zero attached hydrogens (tertiary/aromatic N) is 5. The largest absolute Gasteiger partial charge is 0.378 e. The molecule has 1 saturated heterocycles. The molecule has 176 valence electrons. The second-order valence-electron chi connectivity index (χ2n) is 8.08. The van der Waals surface area contributed by atoms with Gasteiger partial charge in [0, 0.05) is 43.6 Å². The predicted molar refractivity (Wildman–Crippen MR) is 133 cm³/mol. The molecular weight excluding hydrogens is 452 g/mol. The van der Waals surface area contributed by atoms with Gasteiger partial charge in [-0.2, -0.15) is 4.31 Å². The van der Waals surface area contributed by atoms with Crippen molar-refractivity contribution in [2.75, 3.05) is 43.6 Å². The van der Waals surface area contributed by atoms with E-state index in [0.29, 0.717) is 12.5 Å². The Morgan fingerprint density at radius 2 is 1.85 bits per heavy atom. The molecule has 2 N–H and O–H groups in total. The molecule has 3 heterocycles. The summed E-state index contributed by atoms with van der Waals surface area (Å²) in [7, 11) is 1.61. The molecule has 9 nitrogen and oxygen atoms in total. The van der Waals surface area contributed by atoms with Crippen molar-refractivity contribution in [3.63, 3.8) is 0 Å². The highest BCUT2D eigenvalue weighted by Gasteiger charge is 2.15. The van der Waals surface area contributed by atoms with Crippen LogP contribution in [0.5, 0.6) is 0 Å². The first-order valence-corrected chi connectivity index (χ1v) is 12.1. The first kappa shape index (κ1) is 22.5. The van der Waals surface area contributed by atoms with Gasteiger partial charge in [0.2, 0.25) is 17.2 Å². The number of rotatable bonds is 7. The third-order valence-electron chi connectivity index (χ3n) is 5.85. The van der Waals surface area contributed by atoms with Gasteiger partial charge in [0.25, 0.3) is 0 Å². The van der Waals surface area contributed by atoms with Gasteiger partial charge < -0.3 is 15.0 Å². The second kappa shape index (κ2) is 9.90. The fourth-order valence-corrected chi connectivity index (χ4v) is 4.32. The summed E-state index contributed by atoms with van der Waals surface area (Å²) in [5.41, 5.74) is 5.69. The van der Waals surface area contributed by atoms with E-state index in [1.54, 1.807) is 13.2 Å². The smallest absolute Gasteiger partial charge is 0.245 e. The Morgan fingerprint density at radius 1 is 1.09 bits per heavy atom. The quantitative estimate of drug-likeness (QED) is 0.392. The van der Waals surface area contributed by atoms with Gasteiger partial charge in [0.05, 0.1) is 30.6 Å². The molecule has 1 aliphatic rings. The lowest BCUT2D eigenvalue weighted by molar-refractivity contribution is 0.122. The third-order valence-corrected chi connectivity index (χ3v) is 6.51. The number of anilines is 3. The molecule has 1 atom stereocenters. The van der Waals surface area contributed by atoms with Crippen molar-refractivity contribution in [1.82, 2.24) is 18.9 Å². The Morgan fingerprint density at radius 3 is 2.62 bits per heavy atom. The summed E-state index contributed by atoms with van der Waals surface area (Å²) >= 11 is -2.04. The maximum atomic E-state index is 11.4. The standard InChI is InChI=1S/C24H26N6O3S/c1-28(34(31)32)17-18-4-2-3-5-22(18)23-11-10-21-16-25-24(27-30(21)23)26-19-6-8-20(9-7-19)29-12-14-33-15-13-29/h2-11,16H,12-15,17H2,1H3,(H,26,27)(H,31,32). The molecule has 0 amide bonds. The summed E-state index contributed by atoms with van der Waals surface area (Å²) in [5, 5.41) is 8.01. The molecule has 1 unspecified atom stereocenters. The highest BCUT2D eigenvalue weighted by Crippen LogP contribution is 2.27. The van der Waals surface area contributed by atoms with Crippen LogP contribution in [0.2, 0.25) is 0 Å². The van der Waals surface area contributed by atoms with Crippen molar-refractivity contribution in [3.8, 4) is 11.3 Å². The van der Waals surface area contributed by atoms with E-state index in [4.69, 9.17) is 9.84 Å². The van der Waals surface area contributed by atoms with Crippen LogP contribution >= 0.6 is 0 Å². The fraction of sp³-hybridized carbons (Fsp3) is 0.250. The number of morpholine rings is 1. The fourth-order valence-electron chi connectivity index (χ4n) is 4.07. The number of hydrogen-bond acceptors (Lipinski definition) is 6. The zero-order valence-corrected chi connectivity index (χ0v) is 19.6. The zero-order chi connectivity index (χ0) is 23.5. The van der Waals surface area contributed by atoms with E-state index in [1.165, 1.54) is 9.99 Å². The van der Waals surface area contributed by atoms with Crippen LogP contribution < -0.4 is 10.2 Å². The van der Waals surface area contributed by atoms with E-state index < -0.39 is 11.3 Å². The number of hydrogen-bond donors (Lipinski definition) is 2. The van der Waals surface area contributed by atoms with Gasteiger partial charge in [-0.1, -0.05) is 24.3 Å². The first-order valence-electron chi connectivity index (χ1n) is 11.0. The van der Waals surface area contributed by atoms with Gasteiger partial charge in [-0.15, -0.1) is 5.10 Å². The predicted octanol–water partition coefficient (Wildman–Crippen LogP) is 3.55. The van der Waals surface area contributed by atoms with Gasteiger partial charge in [-0.25, -0.2) is 13.7 Å². The first-order chi connectivity index (χ1) is 16.6. The van der Waals surface area contributed by atoms with E-state index in [-0.39, 0.29) is 0 Å². The number of fused-ring (bicyclic) bond motifs is 1. The van der Waals surface area contributed by atoms with Crippen molar-refractivity contribution in [2.45, 2.75) is 6.54 Å². The number of aromatic nitrogens is 3. The molecule has 34 heavy (non-hydrogen) atoms. The zero-order valence-electron chi connectivity index (χ0n) is 18.8. The van der Waals surface area contributed by atoms with Crippen LogP contribution in [-0.2, 0) is 22.5 Å². The highest BCUT2D eigenvalue weighted by atomic mass is 32.2. The molecule has 0 bridgehead atoms. The van der Waals surface area contributed by atoms with Gasteiger partial charge in [-0.05, 0) is 42.0 Å². The molecule has 1 aliphatic heterocycles. The van der Waals surface area contributed by atoms with Crippen molar-refractivity contribution >= 4 is 34.1 Å². The molecule has 10 heteroatoms. The number of ether oxygens (including phenoxy) is 1. The molecule has 0 spiro atoms. The van der Waals surface area contributed by atoms with Crippen molar-refractivity contribution in [3.05, 3.63) is 72.4 Å². The van der Waals surface area contributed by atoms with Crippen LogP contribution in [-0.4, -0.2) is 61.0 Å². The average Bonchev–Trinajstić information content (AvgIpc) is 3.28. The van der Waals surface area contributed by atoms with Gasteiger partial charge in [-0.3, -0.25) is 4.55 Å². The number of benzene rings is 2. The van der Waals surface area contributed by atoms with Crippen molar-refractivity contribution in [1.29, 1.82) is 0 Å². The lowest BCUT2D eigenvalue weighted by Crippen LogP contribution is -2.36. The molecule has 2 aromatic heterocycles. The summed E-state index contributed by atoms with van der Waals surface area (Å²) in [4.78, 5) is 6.77. The second-order valence-corrected chi connectivity index (χ2v) is 9.17. The van der Waals surface area contributed by atoms with Crippen LogP contribution in [0.4, 0.5) is 17.3 Å². The lowest BCUT2D eigenvalue weighted by Gasteiger charge is -2.28. The Bertz CT molecular complexity index is 1300. The topological polar surface area (TPSA) is 95.2 Å². The molecule has 0 saturated carbocycles. The van der Waals surface area contributed by atoms with Crippen molar-refractivity contribution in [2.24, 2.45) is 0 Å². The Kier molecular flexibility index (Phi) is 6.54. The monoisotopic (exact) mass is 478 g/mol. The SMILES string of the molecule is CN(Cc1ccccc1-c1ccc2cnc(Nc3ccc(N4CCOCC4)cc3)nn12)S(=O)O. The van der Waals surface area contributed by atoms with Crippen molar-refractivity contribution < 1.29 is 13.5 Å². The molecule has 0 aliphatic carbocycles. The van der Waals surface area contributed by atoms with E-state index >= 15 is 0 Å². The van der Waals surface area contributed by atoms with Gasteiger partial charge in [0.1, 0.15) is 0 Å². The Balaban J connectivity index is 1.40. The van der Waals surface area contributed by atoms with Crippen LogP contribution in [0.3, 0.4) is 0 Å². The summed E-state index contributed by atoms with van der Waals surface area (Å²) in [6, 6.07) is 20.0. The molecule has 5 rings (SSSR count). The summed E-state index contributed by atoms with van der Waals surface area (Å²) < 4.78 is 29.5.